The Balaban J connectivity index is 1.52. The van der Waals surface area contributed by atoms with Crippen LogP contribution in [0.25, 0.3) is 0 Å². The Morgan fingerprint density at radius 2 is 2.17 bits per heavy atom. The highest BCUT2D eigenvalue weighted by atomic mass is 16.5. The zero-order valence-electron chi connectivity index (χ0n) is 7.72. The third-order valence-electron chi connectivity index (χ3n) is 2.83. The van der Waals surface area contributed by atoms with Crippen LogP contribution < -0.4 is 5.32 Å². The first-order valence-electron chi connectivity index (χ1n) is 5.27. The fourth-order valence-corrected chi connectivity index (χ4v) is 1.77. The average Bonchev–Trinajstić information content (AvgIpc) is 2.90. The lowest BCUT2D eigenvalue weighted by Crippen LogP contribution is -2.35. The number of piperidine rings is 1. The van der Waals surface area contributed by atoms with E-state index in [1.54, 1.807) is 0 Å². The smallest absolute Gasteiger partial charge is 0.0699 e. The summed E-state index contributed by atoms with van der Waals surface area (Å²) in [7, 11) is 0. The SMILES string of the molecule is C1CNC[C@H](OCCC2CC2)C1. The van der Waals surface area contributed by atoms with Gasteiger partial charge in [0.05, 0.1) is 6.10 Å². The predicted molar refractivity (Wildman–Crippen MR) is 49.2 cm³/mol. The maximum Gasteiger partial charge on any atom is 0.0699 e. The number of hydrogen-bond donors (Lipinski definition) is 1. The molecule has 2 heteroatoms. The topological polar surface area (TPSA) is 21.3 Å². The number of rotatable bonds is 4. The third kappa shape index (κ3) is 2.76. The van der Waals surface area contributed by atoms with Crippen molar-refractivity contribution in [2.24, 2.45) is 5.92 Å². The molecule has 0 amide bonds. The van der Waals surface area contributed by atoms with Crippen LogP contribution in [0.3, 0.4) is 0 Å². The van der Waals surface area contributed by atoms with E-state index in [9.17, 15) is 0 Å². The average molecular weight is 169 g/mol. The van der Waals surface area contributed by atoms with E-state index in [2.05, 4.69) is 5.32 Å². The Morgan fingerprint density at radius 3 is 2.83 bits per heavy atom. The second-order valence-electron chi connectivity index (χ2n) is 4.07. The molecule has 0 aromatic heterocycles. The van der Waals surface area contributed by atoms with Crippen molar-refractivity contribution in [2.75, 3.05) is 19.7 Å². The highest BCUT2D eigenvalue weighted by Crippen LogP contribution is 2.32. The molecule has 1 aliphatic carbocycles. The first kappa shape index (κ1) is 8.52. The molecular weight excluding hydrogens is 150 g/mol. The van der Waals surface area contributed by atoms with Gasteiger partial charge in [0, 0.05) is 13.2 Å². The van der Waals surface area contributed by atoms with E-state index in [-0.39, 0.29) is 0 Å². The van der Waals surface area contributed by atoms with Crippen LogP contribution in [0.1, 0.15) is 32.1 Å². The van der Waals surface area contributed by atoms with Crippen LogP contribution in [0, 0.1) is 5.92 Å². The standard InChI is InChI=1S/C10H19NO/c1-2-10(8-11-6-1)12-7-5-9-3-4-9/h9-11H,1-8H2/t10-/m1/s1. The van der Waals surface area contributed by atoms with Gasteiger partial charge in [0.25, 0.3) is 0 Å². The molecule has 0 bridgehead atoms. The van der Waals surface area contributed by atoms with Crippen LogP contribution in [0.2, 0.25) is 0 Å². The molecule has 0 spiro atoms. The first-order valence-corrected chi connectivity index (χ1v) is 5.27. The summed E-state index contributed by atoms with van der Waals surface area (Å²) in [6, 6.07) is 0. The highest BCUT2D eigenvalue weighted by molar-refractivity contribution is 4.73. The van der Waals surface area contributed by atoms with Crippen molar-refractivity contribution >= 4 is 0 Å². The second-order valence-corrected chi connectivity index (χ2v) is 4.07. The van der Waals surface area contributed by atoms with Gasteiger partial charge in [0.15, 0.2) is 0 Å². The maximum atomic E-state index is 5.77. The van der Waals surface area contributed by atoms with Crippen LogP contribution in [-0.4, -0.2) is 25.8 Å². The van der Waals surface area contributed by atoms with Crippen LogP contribution in [0.15, 0.2) is 0 Å². The van der Waals surface area contributed by atoms with Gasteiger partial charge in [0.2, 0.25) is 0 Å². The van der Waals surface area contributed by atoms with Gasteiger partial charge < -0.3 is 10.1 Å². The molecule has 1 saturated carbocycles. The van der Waals surface area contributed by atoms with Gasteiger partial charge >= 0.3 is 0 Å². The minimum absolute atomic E-state index is 0.512. The van der Waals surface area contributed by atoms with Gasteiger partial charge in [-0.2, -0.15) is 0 Å². The lowest BCUT2D eigenvalue weighted by molar-refractivity contribution is 0.0337. The fraction of sp³-hybridized carbons (Fsp3) is 1.00. The summed E-state index contributed by atoms with van der Waals surface area (Å²) in [5.41, 5.74) is 0. The Kier molecular flexibility index (Phi) is 3.01. The van der Waals surface area contributed by atoms with Gasteiger partial charge in [-0.3, -0.25) is 0 Å². The van der Waals surface area contributed by atoms with E-state index in [4.69, 9.17) is 4.74 Å². The van der Waals surface area contributed by atoms with E-state index < -0.39 is 0 Å². The van der Waals surface area contributed by atoms with Gasteiger partial charge in [-0.25, -0.2) is 0 Å². The molecule has 12 heavy (non-hydrogen) atoms. The van der Waals surface area contributed by atoms with E-state index in [0.29, 0.717) is 6.10 Å². The second kappa shape index (κ2) is 4.24. The van der Waals surface area contributed by atoms with Crippen molar-refractivity contribution in [3.8, 4) is 0 Å². The molecule has 1 saturated heterocycles. The van der Waals surface area contributed by atoms with E-state index in [1.807, 2.05) is 0 Å². The quantitative estimate of drug-likeness (QED) is 0.689. The van der Waals surface area contributed by atoms with Crippen molar-refractivity contribution in [3.05, 3.63) is 0 Å². The molecule has 1 N–H and O–H groups in total. The third-order valence-corrected chi connectivity index (χ3v) is 2.83. The molecule has 2 rings (SSSR count). The largest absolute Gasteiger partial charge is 0.377 e. The molecular formula is C10H19NO. The molecule has 1 aliphatic heterocycles. The summed E-state index contributed by atoms with van der Waals surface area (Å²) in [4.78, 5) is 0. The summed E-state index contributed by atoms with van der Waals surface area (Å²) in [6.07, 6.45) is 7.26. The Labute approximate surface area is 74.7 Å². The number of hydrogen-bond acceptors (Lipinski definition) is 2. The zero-order chi connectivity index (χ0) is 8.23. The fourth-order valence-electron chi connectivity index (χ4n) is 1.77. The molecule has 0 aromatic rings. The van der Waals surface area contributed by atoms with Gasteiger partial charge in [-0.05, 0) is 31.7 Å². The number of nitrogens with one attached hydrogen (secondary N) is 1. The molecule has 0 radical (unpaired) electrons. The lowest BCUT2D eigenvalue weighted by atomic mass is 10.1. The van der Waals surface area contributed by atoms with Gasteiger partial charge in [0.1, 0.15) is 0 Å². The summed E-state index contributed by atoms with van der Waals surface area (Å²) >= 11 is 0. The monoisotopic (exact) mass is 169 g/mol. The van der Waals surface area contributed by atoms with Crippen LogP contribution in [-0.2, 0) is 4.74 Å². The van der Waals surface area contributed by atoms with E-state index >= 15 is 0 Å². The van der Waals surface area contributed by atoms with E-state index in [1.165, 1.54) is 38.6 Å². The minimum Gasteiger partial charge on any atom is -0.377 e. The first-order chi connectivity index (χ1) is 5.95. The van der Waals surface area contributed by atoms with E-state index in [0.717, 1.165) is 19.1 Å². The van der Waals surface area contributed by atoms with Crippen LogP contribution in [0.4, 0.5) is 0 Å². The van der Waals surface area contributed by atoms with Crippen molar-refractivity contribution in [1.29, 1.82) is 0 Å². The van der Waals surface area contributed by atoms with Crippen molar-refractivity contribution in [2.45, 2.75) is 38.2 Å². The summed E-state index contributed by atoms with van der Waals surface area (Å²) in [6.45, 7) is 3.25. The summed E-state index contributed by atoms with van der Waals surface area (Å²) in [5.74, 6) is 1.02. The summed E-state index contributed by atoms with van der Waals surface area (Å²) < 4.78 is 5.77. The van der Waals surface area contributed by atoms with Crippen molar-refractivity contribution in [3.63, 3.8) is 0 Å². The molecule has 0 aromatic carbocycles. The van der Waals surface area contributed by atoms with Gasteiger partial charge in [-0.15, -0.1) is 0 Å². The van der Waals surface area contributed by atoms with Gasteiger partial charge in [-0.1, -0.05) is 12.8 Å². The van der Waals surface area contributed by atoms with Crippen molar-refractivity contribution in [1.82, 2.24) is 5.32 Å². The van der Waals surface area contributed by atoms with Crippen LogP contribution >= 0.6 is 0 Å². The molecule has 0 unspecified atom stereocenters. The zero-order valence-corrected chi connectivity index (χ0v) is 7.72. The van der Waals surface area contributed by atoms with Crippen LogP contribution in [0.5, 0.6) is 0 Å². The predicted octanol–water partition coefficient (Wildman–Crippen LogP) is 1.56. The summed E-state index contributed by atoms with van der Waals surface area (Å²) in [5, 5.41) is 3.36. The Bertz CT molecular complexity index is 128. The molecule has 70 valence electrons. The molecule has 2 nitrogen and oxygen atoms in total. The molecule has 1 heterocycles. The normalized spacial score (nSPS) is 30.5. The lowest BCUT2D eigenvalue weighted by Gasteiger charge is -2.22. The Morgan fingerprint density at radius 1 is 1.25 bits per heavy atom. The maximum absolute atomic E-state index is 5.77. The molecule has 2 fully saturated rings. The molecule has 1 atom stereocenters. The highest BCUT2D eigenvalue weighted by Gasteiger charge is 2.21. The number of ether oxygens (including phenoxy) is 1. The Hall–Kier alpha value is -0.0800. The van der Waals surface area contributed by atoms with Crippen molar-refractivity contribution < 1.29 is 4.74 Å². The minimum atomic E-state index is 0.512. The molecule has 2 aliphatic rings.